The molecule has 0 amide bonds. The molecule has 21 heavy (non-hydrogen) atoms. The van der Waals surface area contributed by atoms with Crippen LogP contribution < -0.4 is 15.4 Å². The summed E-state index contributed by atoms with van der Waals surface area (Å²) in [7, 11) is 4.06. The Morgan fingerprint density at radius 2 is 1.57 bits per heavy atom. The molecule has 0 aliphatic rings. The molecular formula is C18H24N2O. The molecule has 2 N–H and O–H groups in total. The summed E-state index contributed by atoms with van der Waals surface area (Å²) >= 11 is 0. The Morgan fingerprint density at radius 1 is 0.952 bits per heavy atom. The quantitative estimate of drug-likeness (QED) is 0.912. The fourth-order valence-electron chi connectivity index (χ4n) is 2.24. The molecule has 0 aliphatic carbocycles. The van der Waals surface area contributed by atoms with Gasteiger partial charge in [-0.25, -0.2) is 0 Å². The Hall–Kier alpha value is -2.00. The second kappa shape index (κ2) is 6.64. The number of ether oxygens (including phenoxy) is 1. The number of nitrogens with zero attached hydrogens (tertiary/aromatic N) is 1. The molecule has 0 spiro atoms. The van der Waals surface area contributed by atoms with Crippen molar-refractivity contribution in [3.05, 3.63) is 59.7 Å². The molecule has 3 heteroatoms. The first-order valence-electron chi connectivity index (χ1n) is 7.27. The van der Waals surface area contributed by atoms with E-state index in [2.05, 4.69) is 23.1 Å². The van der Waals surface area contributed by atoms with Crippen LogP contribution in [0.15, 0.2) is 48.5 Å². The van der Waals surface area contributed by atoms with Gasteiger partial charge in [0.25, 0.3) is 0 Å². The number of benzene rings is 2. The van der Waals surface area contributed by atoms with Crippen molar-refractivity contribution in [1.29, 1.82) is 0 Å². The largest absolute Gasteiger partial charge is 0.491 e. The van der Waals surface area contributed by atoms with E-state index in [-0.39, 0.29) is 12.1 Å². The Labute approximate surface area is 127 Å². The maximum absolute atomic E-state index is 6.41. The summed E-state index contributed by atoms with van der Waals surface area (Å²) in [6.45, 7) is 4.04. The lowest BCUT2D eigenvalue weighted by Gasteiger charge is -2.18. The Bertz CT molecular complexity index is 593. The first-order chi connectivity index (χ1) is 9.97. The van der Waals surface area contributed by atoms with Crippen molar-refractivity contribution in [3.8, 4) is 5.75 Å². The van der Waals surface area contributed by atoms with Gasteiger partial charge >= 0.3 is 0 Å². The molecule has 0 radical (unpaired) electrons. The van der Waals surface area contributed by atoms with Crippen LogP contribution in [0.2, 0.25) is 0 Å². The molecule has 2 aromatic carbocycles. The van der Waals surface area contributed by atoms with E-state index in [0.29, 0.717) is 0 Å². The van der Waals surface area contributed by atoms with Gasteiger partial charge in [-0.2, -0.15) is 0 Å². The van der Waals surface area contributed by atoms with Gasteiger partial charge < -0.3 is 15.4 Å². The molecule has 0 heterocycles. The summed E-state index contributed by atoms with van der Waals surface area (Å²) in [5.74, 6) is 0.863. The summed E-state index contributed by atoms with van der Waals surface area (Å²) < 4.78 is 5.74. The predicted octanol–water partition coefficient (Wildman–Crippen LogP) is 3.59. The Morgan fingerprint density at radius 3 is 2.19 bits per heavy atom. The maximum atomic E-state index is 6.41. The minimum absolute atomic E-state index is 0.152. The average molecular weight is 284 g/mol. The zero-order valence-electron chi connectivity index (χ0n) is 13.2. The number of rotatable bonds is 5. The fourth-order valence-corrected chi connectivity index (χ4v) is 2.24. The summed E-state index contributed by atoms with van der Waals surface area (Å²) in [4.78, 5) is 2.08. The van der Waals surface area contributed by atoms with E-state index in [1.165, 1.54) is 0 Å². The molecule has 2 rings (SSSR count). The predicted molar refractivity (Wildman–Crippen MR) is 89.0 cm³/mol. The molecular weight excluding hydrogens is 260 g/mol. The number of hydrogen-bond acceptors (Lipinski definition) is 3. The Balaban J connectivity index is 2.27. The topological polar surface area (TPSA) is 38.5 Å². The molecule has 112 valence electrons. The van der Waals surface area contributed by atoms with Crippen molar-refractivity contribution in [3.63, 3.8) is 0 Å². The van der Waals surface area contributed by atoms with Crippen molar-refractivity contribution >= 4 is 5.69 Å². The van der Waals surface area contributed by atoms with Crippen molar-refractivity contribution < 1.29 is 4.74 Å². The third-order valence-electron chi connectivity index (χ3n) is 3.33. The minimum Gasteiger partial charge on any atom is -0.491 e. The standard InChI is InChI=1S/C18H24N2O/c1-13(2)21-17-10-6-8-15(12-17)18(19)14-7-5-9-16(11-14)20(3)4/h5-13,18H,19H2,1-4H3. The molecule has 1 atom stereocenters. The monoisotopic (exact) mass is 284 g/mol. The summed E-state index contributed by atoms with van der Waals surface area (Å²) in [6, 6.07) is 16.2. The van der Waals surface area contributed by atoms with Gasteiger partial charge in [0.05, 0.1) is 12.1 Å². The Kier molecular flexibility index (Phi) is 4.86. The van der Waals surface area contributed by atoms with Crippen LogP contribution in [0.3, 0.4) is 0 Å². The average Bonchev–Trinajstić information content (AvgIpc) is 2.46. The lowest BCUT2D eigenvalue weighted by Crippen LogP contribution is -2.14. The van der Waals surface area contributed by atoms with Crippen LogP contribution in [0.4, 0.5) is 5.69 Å². The van der Waals surface area contributed by atoms with Crippen LogP contribution in [0.5, 0.6) is 5.75 Å². The first-order valence-corrected chi connectivity index (χ1v) is 7.27. The highest BCUT2D eigenvalue weighted by atomic mass is 16.5. The van der Waals surface area contributed by atoms with Gasteiger partial charge in [-0.05, 0) is 49.2 Å². The molecule has 0 bridgehead atoms. The number of nitrogens with two attached hydrogens (primary N) is 1. The third kappa shape index (κ3) is 3.99. The van der Waals surface area contributed by atoms with E-state index in [1.54, 1.807) is 0 Å². The van der Waals surface area contributed by atoms with Crippen LogP contribution >= 0.6 is 0 Å². The van der Waals surface area contributed by atoms with Crippen LogP contribution in [0.1, 0.15) is 31.0 Å². The molecule has 0 saturated carbocycles. The summed E-state index contributed by atoms with van der Waals surface area (Å²) in [5.41, 5.74) is 9.72. The van der Waals surface area contributed by atoms with E-state index >= 15 is 0 Å². The molecule has 0 aromatic heterocycles. The second-order valence-corrected chi connectivity index (χ2v) is 5.71. The third-order valence-corrected chi connectivity index (χ3v) is 3.33. The minimum atomic E-state index is -0.152. The van der Waals surface area contributed by atoms with E-state index in [0.717, 1.165) is 22.6 Å². The summed E-state index contributed by atoms with van der Waals surface area (Å²) in [5, 5.41) is 0. The molecule has 3 nitrogen and oxygen atoms in total. The highest BCUT2D eigenvalue weighted by Crippen LogP contribution is 2.26. The van der Waals surface area contributed by atoms with Crippen molar-refractivity contribution in [1.82, 2.24) is 0 Å². The van der Waals surface area contributed by atoms with Gasteiger partial charge in [0.2, 0.25) is 0 Å². The molecule has 2 aromatic rings. The number of hydrogen-bond donors (Lipinski definition) is 1. The zero-order valence-corrected chi connectivity index (χ0v) is 13.2. The van der Waals surface area contributed by atoms with Crippen molar-refractivity contribution in [2.24, 2.45) is 5.73 Å². The maximum Gasteiger partial charge on any atom is 0.120 e. The number of anilines is 1. The molecule has 1 unspecified atom stereocenters. The highest BCUT2D eigenvalue weighted by molar-refractivity contribution is 5.49. The fraction of sp³-hybridized carbons (Fsp3) is 0.333. The van der Waals surface area contributed by atoms with Gasteiger partial charge in [-0.15, -0.1) is 0 Å². The van der Waals surface area contributed by atoms with Gasteiger partial charge in [0, 0.05) is 19.8 Å². The van der Waals surface area contributed by atoms with Crippen LogP contribution in [-0.4, -0.2) is 20.2 Å². The van der Waals surface area contributed by atoms with Crippen LogP contribution in [0.25, 0.3) is 0 Å². The van der Waals surface area contributed by atoms with E-state index in [9.17, 15) is 0 Å². The lowest BCUT2D eigenvalue weighted by molar-refractivity contribution is 0.242. The molecule has 0 saturated heterocycles. The lowest BCUT2D eigenvalue weighted by atomic mass is 9.99. The van der Waals surface area contributed by atoms with Gasteiger partial charge in [0.15, 0.2) is 0 Å². The highest BCUT2D eigenvalue weighted by Gasteiger charge is 2.11. The first kappa shape index (κ1) is 15.4. The van der Waals surface area contributed by atoms with E-state index < -0.39 is 0 Å². The van der Waals surface area contributed by atoms with Crippen molar-refractivity contribution in [2.75, 3.05) is 19.0 Å². The van der Waals surface area contributed by atoms with Gasteiger partial charge in [0.1, 0.15) is 5.75 Å². The van der Waals surface area contributed by atoms with E-state index in [1.807, 2.05) is 58.3 Å². The normalized spacial score (nSPS) is 12.3. The van der Waals surface area contributed by atoms with Crippen molar-refractivity contribution in [2.45, 2.75) is 26.0 Å². The SMILES string of the molecule is CC(C)Oc1cccc(C(N)c2cccc(N(C)C)c2)c1. The summed E-state index contributed by atoms with van der Waals surface area (Å²) in [6.07, 6.45) is 0.161. The van der Waals surface area contributed by atoms with Crippen LogP contribution in [-0.2, 0) is 0 Å². The smallest absolute Gasteiger partial charge is 0.120 e. The van der Waals surface area contributed by atoms with E-state index in [4.69, 9.17) is 10.5 Å². The molecule has 0 aliphatic heterocycles. The molecule has 0 fully saturated rings. The van der Waals surface area contributed by atoms with Gasteiger partial charge in [-0.3, -0.25) is 0 Å². The van der Waals surface area contributed by atoms with Crippen LogP contribution in [0, 0.1) is 0 Å². The van der Waals surface area contributed by atoms with Gasteiger partial charge in [-0.1, -0.05) is 24.3 Å². The second-order valence-electron chi connectivity index (χ2n) is 5.71. The zero-order chi connectivity index (χ0) is 15.4.